The van der Waals surface area contributed by atoms with Crippen molar-refractivity contribution in [2.45, 2.75) is 46.5 Å². The van der Waals surface area contributed by atoms with Crippen molar-refractivity contribution in [2.75, 3.05) is 11.9 Å². The van der Waals surface area contributed by atoms with E-state index in [1.807, 2.05) is 0 Å². The van der Waals surface area contributed by atoms with Crippen molar-refractivity contribution >= 4 is 5.82 Å². The predicted octanol–water partition coefficient (Wildman–Crippen LogP) is 2.60. The minimum Gasteiger partial charge on any atom is -0.370 e. The van der Waals surface area contributed by atoms with Crippen LogP contribution < -0.4 is 5.32 Å². The first-order valence-electron chi connectivity index (χ1n) is 6.33. The van der Waals surface area contributed by atoms with Gasteiger partial charge in [-0.05, 0) is 32.1 Å². The maximum atomic E-state index is 4.69. The fourth-order valence-corrected chi connectivity index (χ4v) is 2.25. The molecule has 0 bridgehead atoms. The van der Waals surface area contributed by atoms with Crippen molar-refractivity contribution in [3.8, 4) is 0 Å². The molecule has 0 aromatic carbocycles. The standard InChI is InChI=1S/C13H21N3/c1-4-14-13-10-6-5-7-11(10)15-12(16-13)8-9(2)3/h9H,4-8H2,1-3H3,(H,14,15,16). The molecule has 0 unspecified atom stereocenters. The molecule has 0 amide bonds. The van der Waals surface area contributed by atoms with E-state index in [1.54, 1.807) is 0 Å². The van der Waals surface area contributed by atoms with E-state index >= 15 is 0 Å². The molecule has 1 aliphatic rings. The largest absolute Gasteiger partial charge is 0.370 e. The number of rotatable bonds is 4. The molecule has 0 fully saturated rings. The van der Waals surface area contributed by atoms with E-state index in [1.165, 1.54) is 17.7 Å². The van der Waals surface area contributed by atoms with Gasteiger partial charge in [-0.2, -0.15) is 0 Å². The fraction of sp³-hybridized carbons (Fsp3) is 0.692. The number of anilines is 1. The van der Waals surface area contributed by atoms with Gasteiger partial charge in [0, 0.05) is 24.2 Å². The van der Waals surface area contributed by atoms with Crippen LogP contribution in [0.25, 0.3) is 0 Å². The lowest BCUT2D eigenvalue weighted by atomic mass is 10.1. The molecule has 3 nitrogen and oxygen atoms in total. The number of aromatic nitrogens is 2. The Kier molecular flexibility index (Phi) is 3.42. The summed E-state index contributed by atoms with van der Waals surface area (Å²) in [7, 11) is 0. The predicted molar refractivity (Wildman–Crippen MR) is 66.8 cm³/mol. The summed E-state index contributed by atoms with van der Waals surface area (Å²) >= 11 is 0. The van der Waals surface area contributed by atoms with Crippen LogP contribution >= 0.6 is 0 Å². The van der Waals surface area contributed by atoms with Gasteiger partial charge in [0.25, 0.3) is 0 Å². The van der Waals surface area contributed by atoms with E-state index in [4.69, 9.17) is 0 Å². The zero-order valence-corrected chi connectivity index (χ0v) is 10.5. The first kappa shape index (κ1) is 11.4. The number of hydrogen-bond acceptors (Lipinski definition) is 3. The molecule has 0 saturated heterocycles. The van der Waals surface area contributed by atoms with Crippen molar-refractivity contribution in [3.05, 3.63) is 17.1 Å². The molecular formula is C13H21N3. The van der Waals surface area contributed by atoms with Gasteiger partial charge in [-0.25, -0.2) is 9.97 Å². The Morgan fingerprint density at radius 3 is 2.75 bits per heavy atom. The van der Waals surface area contributed by atoms with Crippen LogP contribution in [0, 0.1) is 5.92 Å². The van der Waals surface area contributed by atoms with Crippen molar-refractivity contribution in [1.29, 1.82) is 0 Å². The Hall–Kier alpha value is -1.12. The number of aryl methyl sites for hydroxylation is 1. The molecule has 0 atom stereocenters. The van der Waals surface area contributed by atoms with E-state index in [-0.39, 0.29) is 0 Å². The highest BCUT2D eigenvalue weighted by atomic mass is 15.0. The van der Waals surface area contributed by atoms with Crippen LogP contribution in [0.5, 0.6) is 0 Å². The summed E-state index contributed by atoms with van der Waals surface area (Å²) in [5, 5.41) is 3.37. The maximum absolute atomic E-state index is 4.69. The third-order valence-electron chi connectivity index (χ3n) is 2.91. The van der Waals surface area contributed by atoms with Crippen molar-refractivity contribution < 1.29 is 0 Å². The molecule has 1 aliphatic carbocycles. The van der Waals surface area contributed by atoms with Crippen LogP contribution in [-0.2, 0) is 19.3 Å². The van der Waals surface area contributed by atoms with Crippen LogP contribution in [0.4, 0.5) is 5.82 Å². The number of fused-ring (bicyclic) bond motifs is 1. The summed E-state index contributed by atoms with van der Waals surface area (Å²) < 4.78 is 0. The maximum Gasteiger partial charge on any atom is 0.133 e. The Morgan fingerprint density at radius 1 is 1.25 bits per heavy atom. The smallest absolute Gasteiger partial charge is 0.133 e. The summed E-state index contributed by atoms with van der Waals surface area (Å²) in [6.07, 6.45) is 4.47. The molecule has 16 heavy (non-hydrogen) atoms. The molecule has 3 heteroatoms. The number of hydrogen-bond donors (Lipinski definition) is 1. The number of nitrogens with one attached hydrogen (secondary N) is 1. The van der Waals surface area contributed by atoms with Gasteiger partial charge in [0.1, 0.15) is 11.6 Å². The zero-order valence-electron chi connectivity index (χ0n) is 10.5. The van der Waals surface area contributed by atoms with Gasteiger partial charge in [-0.15, -0.1) is 0 Å². The molecule has 0 saturated carbocycles. The van der Waals surface area contributed by atoms with Crippen LogP contribution in [-0.4, -0.2) is 16.5 Å². The molecule has 1 aromatic heterocycles. The lowest BCUT2D eigenvalue weighted by Gasteiger charge is -2.11. The van der Waals surface area contributed by atoms with Gasteiger partial charge >= 0.3 is 0 Å². The summed E-state index contributed by atoms with van der Waals surface area (Å²) in [6.45, 7) is 7.48. The molecule has 1 N–H and O–H groups in total. The van der Waals surface area contributed by atoms with E-state index in [2.05, 4.69) is 36.1 Å². The molecule has 2 rings (SSSR count). The lowest BCUT2D eigenvalue weighted by molar-refractivity contribution is 0.618. The third kappa shape index (κ3) is 2.34. The van der Waals surface area contributed by atoms with Crippen LogP contribution in [0.3, 0.4) is 0 Å². The van der Waals surface area contributed by atoms with Gasteiger partial charge in [0.2, 0.25) is 0 Å². The normalized spacial score (nSPS) is 14.2. The quantitative estimate of drug-likeness (QED) is 0.846. The van der Waals surface area contributed by atoms with E-state index in [0.717, 1.165) is 37.4 Å². The Balaban J connectivity index is 2.31. The van der Waals surface area contributed by atoms with Gasteiger partial charge in [-0.1, -0.05) is 13.8 Å². The zero-order chi connectivity index (χ0) is 11.5. The Labute approximate surface area is 97.7 Å². The van der Waals surface area contributed by atoms with E-state index in [9.17, 15) is 0 Å². The SMILES string of the molecule is CCNc1nc(CC(C)C)nc2c1CCC2. The highest BCUT2D eigenvalue weighted by Crippen LogP contribution is 2.26. The molecule has 88 valence electrons. The molecule has 0 aliphatic heterocycles. The summed E-state index contributed by atoms with van der Waals surface area (Å²) in [4.78, 5) is 9.34. The molecule has 0 spiro atoms. The average Bonchev–Trinajstić information content (AvgIpc) is 2.65. The first-order chi connectivity index (χ1) is 7.70. The van der Waals surface area contributed by atoms with Crippen molar-refractivity contribution in [1.82, 2.24) is 9.97 Å². The van der Waals surface area contributed by atoms with Gasteiger partial charge in [0.05, 0.1) is 0 Å². The molecule has 1 heterocycles. The second-order valence-electron chi connectivity index (χ2n) is 4.90. The van der Waals surface area contributed by atoms with E-state index < -0.39 is 0 Å². The first-order valence-corrected chi connectivity index (χ1v) is 6.33. The lowest BCUT2D eigenvalue weighted by Crippen LogP contribution is -2.10. The summed E-state index contributed by atoms with van der Waals surface area (Å²) in [5.74, 6) is 2.71. The molecular weight excluding hydrogens is 198 g/mol. The van der Waals surface area contributed by atoms with Crippen LogP contribution in [0.15, 0.2) is 0 Å². The second kappa shape index (κ2) is 4.81. The minimum atomic E-state index is 0.619. The third-order valence-corrected chi connectivity index (χ3v) is 2.91. The van der Waals surface area contributed by atoms with Crippen molar-refractivity contribution in [3.63, 3.8) is 0 Å². The summed E-state index contributed by atoms with van der Waals surface area (Å²) in [6, 6.07) is 0. The summed E-state index contributed by atoms with van der Waals surface area (Å²) in [5.41, 5.74) is 2.64. The second-order valence-corrected chi connectivity index (χ2v) is 4.90. The van der Waals surface area contributed by atoms with Crippen molar-refractivity contribution in [2.24, 2.45) is 5.92 Å². The van der Waals surface area contributed by atoms with E-state index in [0.29, 0.717) is 5.92 Å². The Bertz CT molecular complexity index is 372. The number of nitrogens with zero attached hydrogens (tertiary/aromatic N) is 2. The van der Waals surface area contributed by atoms with Gasteiger partial charge < -0.3 is 5.32 Å². The highest BCUT2D eigenvalue weighted by molar-refractivity contribution is 5.48. The fourth-order valence-electron chi connectivity index (χ4n) is 2.25. The highest BCUT2D eigenvalue weighted by Gasteiger charge is 2.19. The molecule has 0 radical (unpaired) electrons. The average molecular weight is 219 g/mol. The minimum absolute atomic E-state index is 0.619. The Morgan fingerprint density at radius 2 is 2.06 bits per heavy atom. The monoisotopic (exact) mass is 219 g/mol. The topological polar surface area (TPSA) is 37.8 Å². The van der Waals surface area contributed by atoms with Gasteiger partial charge in [-0.3, -0.25) is 0 Å². The molecule has 1 aromatic rings. The van der Waals surface area contributed by atoms with Crippen LogP contribution in [0.1, 0.15) is 44.3 Å². The van der Waals surface area contributed by atoms with Gasteiger partial charge in [0.15, 0.2) is 0 Å². The van der Waals surface area contributed by atoms with Crippen LogP contribution in [0.2, 0.25) is 0 Å².